The summed E-state index contributed by atoms with van der Waals surface area (Å²) < 4.78 is 11.0. The second-order valence-corrected chi connectivity index (χ2v) is 7.62. The van der Waals surface area contributed by atoms with Gasteiger partial charge in [-0.25, -0.2) is 4.99 Å². The van der Waals surface area contributed by atoms with E-state index in [1.165, 1.54) is 11.1 Å². The first-order valence-electron chi connectivity index (χ1n) is 11.1. The second kappa shape index (κ2) is 15.4. The summed E-state index contributed by atoms with van der Waals surface area (Å²) in [5.41, 5.74) is 3.54. The van der Waals surface area contributed by atoms with Crippen LogP contribution in [0.3, 0.4) is 0 Å². The minimum absolute atomic E-state index is 0. The lowest BCUT2D eigenvalue weighted by Crippen LogP contribution is -2.39. The van der Waals surface area contributed by atoms with Crippen molar-refractivity contribution in [3.8, 4) is 11.5 Å². The van der Waals surface area contributed by atoms with E-state index < -0.39 is 0 Å². The highest BCUT2D eigenvalue weighted by atomic mass is 127. The number of likely N-dealkylation sites (N-methyl/N-ethyl adjacent to an activating group) is 1. The molecule has 3 N–H and O–H groups in total. The van der Waals surface area contributed by atoms with E-state index in [1.54, 1.807) is 7.11 Å². The van der Waals surface area contributed by atoms with Gasteiger partial charge in [0.1, 0.15) is 0 Å². The second-order valence-electron chi connectivity index (χ2n) is 7.62. The molecular formula is C25H37IN4O3. The molecule has 1 atom stereocenters. The summed E-state index contributed by atoms with van der Waals surface area (Å²) in [5.74, 6) is 2.07. The monoisotopic (exact) mass is 568 g/mol. The van der Waals surface area contributed by atoms with Crippen molar-refractivity contribution in [2.45, 2.75) is 40.2 Å². The lowest BCUT2D eigenvalue weighted by atomic mass is 10.0. The van der Waals surface area contributed by atoms with Crippen molar-refractivity contribution in [1.29, 1.82) is 0 Å². The maximum atomic E-state index is 11.6. The minimum atomic E-state index is -0.163. The van der Waals surface area contributed by atoms with E-state index in [0.29, 0.717) is 30.5 Å². The third kappa shape index (κ3) is 9.89. The Balaban J connectivity index is 0.00000544. The van der Waals surface area contributed by atoms with Crippen LogP contribution in [0.15, 0.2) is 47.5 Å². The van der Waals surface area contributed by atoms with Gasteiger partial charge < -0.3 is 25.4 Å². The number of hydrogen-bond acceptors (Lipinski definition) is 4. The zero-order chi connectivity index (χ0) is 23.3. The van der Waals surface area contributed by atoms with E-state index in [0.717, 1.165) is 24.6 Å². The van der Waals surface area contributed by atoms with Crippen LogP contribution >= 0.6 is 24.0 Å². The molecule has 2 aromatic rings. The molecule has 0 aliphatic carbocycles. The van der Waals surface area contributed by atoms with Gasteiger partial charge in [-0.3, -0.25) is 4.79 Å². The number of guanidine groups is 1. The fourth-order valence-corrected chi connectivity index (χ4v) is 3.10. The molecule has 8 heteroatoms. The zero-order valence-corrected chi connectivity index (χ0v) is 22.6. The van der Waals surface area contributed by atoms with Gasteiger partial charge >= 0.3 is 0 Å². The van der Waals surface area contributed by atoms with Crippen LogP contribution in [0.4, 0.5) is 0 Å². The first-order chi connectivity index (χ1) is 15.5. The summed E-state index contributed by atoms with van der Waals surface area (Å²) in [4.78, 5) is 16.3. The normalized spacial score (nSPS) is 11.7. The average molecular weight is 569 g/mol. The number of hydrogen-bond donors (Lipinski definition) is 3. The van der Waals surface area contributed by atoms with Crippen molar-refractivity contribution < 1.29 is 14.3 Å². The highest BCUT2D eigenvalue weighted by molar-refractivity contribution is 14.0. The molecule has 7 nitrogen and oxygen atoms in total. The molecule has 0 radical (unpaired) electrons. The van der Waals surface area contributed by atoms with Crippen LogP contribution in [0, 0.1) is 6.92 Å². The van der Waals surface area contributed by atoms with Crippen LogP contribution in [0.1, 0.15) is 43.4 Å². The van der Waals surface area contributed by atoms with Crippen molar-refractivity contribution in [3.63, 3.8) is 0 Å². The molecule has 0 saturated heterocycles. The summed E-state index contributed by atoms with van der Waals surface area (Å²) in [5, 5.41) is 9.42. The largest absolute Gasteiger partial charge is 0.493 e. The Morgan fingerprint density at radius 3 is 2.33 bits per heavy atom. The molecule has 0 heterocycles. The molecule has 0 bridgehead atoms. The molecule has 0 fully saturated rings. The van der Waals surface area contributed by atoms with Gasteiger partial charge in [0.25, 0.3) is 5.91 Å². The number of nitrogens with one attached hydrogen (secondary N) is 3. The zero-order valence-electron chi connectivity index (χ0n) is 20.2. The fraction of sp³-hybridized carbons (Fsp3) is 0.440. The van der Waals surface area contributed by atoms with Gasteiger partial charge in [0.05, 0.1) is 13.7 Å². The van der Waals surface area contributed by atoms with E-state index in [2.05, 4.69) is 54.1 Å². The van der Waals surface area contributed by atoms with Crippen molar-refractivity contribution >= 4 is 35.8 Å². The van der Waals surface area contributed by atoms with Gasteiger partial charge in [-0.1, -0.05) is 42.8 Å². The van der Waals surface area contributed by atoms with Gasteiger partial charge in [0.15, 0.2) is 24.1 Å². The highest BCUT2D eigenvalue weighted by Crippen LogP contribution is 2.28. The number of rotatable bonds is 11. The average Bonchev–Trinajstić information content (AvgIpc) is 2.80. The summed E-state index contributed by atoms with van der Waals surface area (Å²) >= 11 is 0. The number of methoxy groups -OCH3 is 1. The predicted molar refractivity (Wildman–Crippen MR) is 145 cm³/mol. The first kappa shape index (κ1) is 28.5. The Labute approximate surface area is 214 Å². The molecule has 2 rings (SSSR count). The number of carbonyl (C=O) groups is 1. The summed E-state index contributed by atoms with van der Waals surface area (Å²) in [6.45, 7) is 10.8. The Kier molecular flexibility index (Phi) is 13.3. The number of aryl methyl sites for hydroxylation is 1. The Bertz CT molecular complexity index is 888. The smallest absolute Gasteiger partial charge is 0.257 e. The van der Waals surface area contributed by atoms with Crippen LogP contribution in [0.2, 0.25) is 0 Å². The Morgan fingerprint density at radius 2 is 1.70 bits per heavy atom. The van der Waals surface area contributed by atoms with Gasteiger partial charge in [0.2, 0.25) is 0 Å². The van der Waals surface area contributed by atoms with Crippen LogP contribution in [-0.2, 0) is 11.3 Å². The van der Waals surface area contributed by atoms with Gasteiger partial charge in [-0.15, -0.1) is 24.0 Å². The van der Waals surface area contributed by atoms with E-state index in [-0.39, 0.29) is 36.5 Å². The van der Waals surface area contributed by atoms with Crippen molar-refractivity contribution in [2.24, 2.45) is 4.99 Å². The molecule has 0 aliphatic rings. The van der Waals surface area contributed by atoms with Crippen LogP contribution in [0.5, 0.6) is 11.5 Å². The van der Waals surface area contributed by atoms with Crippen molar-refractivity contribution in [1.82, 2.24) is 16.0 Å². The third-order valence-electron chi connectivity index (χ3n) is 4.95. The molecule has 33 heavy (non-hydrogen) atoms. The van der Waals surface area contributed by atoms with Gasteiger partial charge in [-0.2, -0.15) is 0 Å². The Hall–Kier alpha value is -2.49. The number of carbonyl (C=O) groups excluding carboxylic acids is 1. The first-order valence-corrected chi connectivity index (χ1v) is 11.1. The lowest BCUT2D eigenvalue weighted by Gasteiger charge is -2.17. The van der Waals surface area contributed by atoms with Gasteiger partial charge in [0, 0.05) is 19.6 Å². The maximum absolute atomic E-state index is 11.6. The number of halogens is 1. The fourth-order valence-electron chi connectivity index (χ4n) is 3.10. The molecule has 182 valence electrons. The van der Waals surface area contributed by atoms with E-state index in [1.807, 2.05) is 32.0 Å². The predicted octanol–water partition coefficient (Wildman–Crippen LogP) is 4.00. The molecule has 0 saturated carbocycles. The third-order valence-corrected chi connectivity index (χ3v) is 4.95. The lowest BCUT2D eigenvalue weighted by molar-refractivity contribution is -0.123. The summed E-state index contributed by atoms with van der Waals surface area (Å²) in [6, 6.07) is 14.3. The van der Waals surface area contributed by atoms with Crippen LogP contribution in [0.25, 0.3) is 0 Å². The van der Waals surface area contributed by atoms with E-state index in [9.17, 15) is 4.79 Å². The number of nitrogens with zero attached hydrogens (tertiary/aromatic N) is 1. The van der Waals surface area contributed by atoms with Crippen molar-refractivity contribution in [3.05, 3.63) is 59.2 Å². The molecule has 2 aromatic carbocycles. The van der Waals surface area contributed by atoms with Gasteiger partial charge in [-0.05, 0) is 49.9 Å². The molecular weight excluding hydrogens is 531 g/mol. The number of ether oxygens (including phenoxy) is 2. The standard InChI is InChI=1S/C25H36N4O3.HI/c1-6-26-24(30)17-32-22-13-10-20(14-23(22)31-5)16-29-25(27-7-2)28-15-19(4)21-11-8-18(3)9-12-21;/h8-14,19H,6-7,15-17H2,1-5H3,(H,26,30)(H2,27,28,29);1H. The maximum Gasteiger partial charge on any atom is 0.257 e. The van der Waals surface area contributed by atoms with Crippen molar-refractivity contribution in [2.75, 3.05) is 33.4 Å². The molecule has 0 spiro atoms. The topological polar surface area (TPSA) is 84.0 Å². The van der Waals surface area contributed by atoms with Crippen LogP contribution in [-0.4, -0.2) is 45.2 Å². The molecule has 0 aromatic heterocycles. The van der Waals surface area contributed by atoms with E-state index in [4.69, 9.17) is 14.5 Å². The Morgan fingerprint density at radius 1 is 1.00 bits per heavy atom. The SMILES string of the molecule is CCNC(=O)COc1ccc(CN=C(NCC)NCC(C)c2ccc(C)cc2)cc1OC.I. The molecule has 0 aliphatic heterocycles. The minimum Gasteiger partial charge on any atom is -0.493 e. The summed E-state index contributed by atoms with van der Waals surface area (Å²) in [7, 11) is 1.58. The highest BCUT2D eigenvalue weighted by Gasteiger charge is 2.09. The molecule has 1 unspecified atom stereocenters. The molecule has 1 amide bonds. The number of benzene rings is 2. The van der Waals surface area contributed by atoms with Crippen LogP contribution < -0.4 is 25.4 Å². The summed E-state index contributed by atoms with van der Waals surface area (Å²) in [6.07, 6.45) is 0. The number of aliphatic imine (C=N–C) groups is 1. The quantitative estimate of drug-likeness (QED) is 0.217. The van der Waals surface area contributed by atoms with E-state index >= 15 is 0 Å². The number of amides is 1.